The van der Waals surface area contributed by atoms with Crippen LogP contribution in [0.2, 0.25) is 0 Å². The molecule has 0 spiro atoms. The van der Waals surface area contributed by atoms with Gasteiger partial charge in [0.05, 0.1) is 7.11 Å². The third kappa shape index (κ3) is 7.94. The van der Waals surface area contributed by atoms with Crippen LogP contribution in [0.15, 0.2) is 24.3 Å². The van der Waals surface area contributed by atoms with Gasteiger partial charge in [0.1, 0.15) is 5.75 Å². The fourth-order valence-corrected chi connectivity index (χ4v) is 3.12. The van der Waals surface area contributed by atoms with Crippen molar-refractivity contribution in [2.75, 3.05) is 13.7 Å². The van der Waals surface area contributed by atoms with Crippen molar-refractivity contribution in [1.29, 1.82) is 0 Å². The van der Waals surface area contributed by atoms with Crippen LogP contribution in [0.1, 0.15) is 59.4 Å². The first-order chi connectivity index (χ1) is 11.9. The number of nitrogens with one attached hydrogen (secondary N) is 1. The minimum absolute atomic E-state index is 0.124. The first-order valence-electron chi connectivity index (χ1n) is 9.77. The monoisotopic (exact) mass is 347 g/mol. The van der Waals surface area contributed by atoms with Gasteiger partial charge in [-0.25, -0.2) is 0 Å². The van der Waals surface area contributed by atoms with E-state index in [2.05, 4.69) is 45.1 Å². The molecule has 0 saturated heterocycles. The SMILES string of the molecule is CC[C@@H](C)C(=O)NCC[C@@H](C)C[C@H](C)[C@@H](C)Cc1ccc(OC)cc1. The summed E-state index contributed by atoms with van der Waals surface area (Å²) in [5.74, 6) is 3.17. The standard InChI is InChI=1S/C22H37NO2/c1-7-17(3)22(24)23-13-12-16(2)14-18(4)19(5)15-20-8-10-21(25-6)11-9-20/h8-11,16-19H,7,12-15H2,1-6H3,(H,23,24)/t16-,17-,18+,19+/m1/s1. The van der Waals surface area contributed by atoms with Crippen LogP contribution in [0.3, 0.4) is 0 Å². The van der Waals surface area contributed by atoms with E-state index in [1.807, 2.05) is 19.1 Å². The summed E-state index contributed by atoms with van der Waals surface area (Å²) in [7, 11) is 1.70. The molecule has 1 aromatic rings. The molecule has 0 aliphatic rings. The highest BCUT2D eigenvalue weighted by Gasteiger charge is 2.17. The Morgan fingerprint density at radius 3 is 2.28 bits per heavy atom. The molecule has 1 N–H and O–H groups in total. The highest BCUT2D eigenvalue weighted by atomic mass is 16.5. The van der Waals surface area contributed by atoms with Crippen LogP contribution in [-0.4, -0.2) is 19.6 Å². The molecule has 142 valence electrons. The summed E-state index contributed by atoms with van der Waals surface area (Å²) >= 11 is 0. The highest BCUT2D eigenvalue weighted by molar-refractivity contribution is 5.78. The number of hydrogen-bond donors (Lipinski definition) is 1. The average molecular weight is 348 g/mol. The van der Waals surface area contributed by atoms with Crippen molar-refractivity contribution in [3.63, 3.8) is 0 Å². The van der Waals surface area contributed by atoms with E-state index >= 15 is 0 Å². The van der Waals surface area contributed by atoms with E-state index < -0.39 is 0 Å². The second kappa shape index (κ2) is 11.2. The van der Waals surface area contributed by atoms with Crippen molar-refractivity contribution in [1.82, 2.24) is 5.32 Å². The molecule has 1 aromatic carbocycles. The number of hydrogen-bond acceptors (Lipinski definition) is 2. The number of benzene rings is 1. The van der Waals surface area contributed by atoms with Gasteiger partial charge in [-0.1, -0.05) is 46.8 Å². The smallest absolute Gasteiger partial charge is 0.222 e. The number of methoxy groups -OCH3 is 1. The Morgan fingerprint density at radius 2 is 1.72 bits per heavy atom. The van der Waals surface area contributed by atoms with E-state index in [-0.39, 0.29) is 11.8 Å². The molecule has 1 rings (SSSR count). The molecule has 0 bridgehead atoms. The van der Waals surface area contributed by atoms with Gasteiger partial charge in [0.2, 0.25) is 5.91 Å². The Labute approximate surface area is 154 Å². The van der Waals surface area contributed by atoms with Crippen LogP contribution in [0.25, 0.3) is 0 Å². The summed E-state index contributed by atoms with van der Waals surface area (Å²) < 4.78 is 5.22. The summed E-state index contributed by atoms with van der Waals surface area (Å²) in [5.41, 5.74) is 1.37. The van der Waals surface area contributed by atoms with Crippen molar-refractivity contribution >= 4 is 5.91 Å². The van der Waals surface area contributed by atoms with Crippen LogP contribution in [-0.2, 0) is 11.2 Å². The van der Waals surface area contributed by atoms with Gasteiger partial charge in [0, 0.05) is 12.5 Å². The molecule has 0 radical (unpaired) electrons. The van der Waals surface area contributed by atoms with Gasteiger partial charge >= 0.3 is 0 Å². The molecule has 25 heavy (non-hydrogen) atoms. The van der Waals surface area contributed by atoms with Gasteiger partial charge < -0.3 is 10.1 Å². The third-order valence-corrected chi connectivity index (χ3v) is 5.46. The maximum absolute atomic E-state index is 11.8. The van der Waals surface area contributed by atoms with Crippen molar-refractivity contribution < 1.29 is 9.53 Å². The number of ether oxygens (including phenoxy) is 1. The zero-order valence-electron chi connectivity index (χ0n) is 17.0. The molecule has 0 aliphatic carbocycles. The Balaban J connectivity index is 2.33. The maximum Gasteiger partial charge on any atom is 0.222 e. The van der Waals surface area contributed by atoms with Gasteiger partial charge in [-0.15, -0.1) is 0 Å². The number of carbonyl (C=O) groups excluding carboxylic acids is 1. The molecular formula is C22H37NO2. The van der Waals surface area contributed by atoms with Crippen molar-refractivity contribution in [3.05, 3.63) is 29.8 Å². The molecule has 0 aromatic heterocycles. The summed E-state index contributed by atoms with van der Waals surface area (Å²) in [6.45, 7) is 11.8. The molecule has 0 heterocycles. The van der Waals surface area contributed by atoms with Gasteiger partial charge in [-0.2, -0.15) is 0 Å². The topological polar surface area (TPSA) is 38.3 Å². The maximum atomic E-state index is 11.8. The fourth-order valence-electron chi connectivity index (χ4n) is 3.12. The largest absolute Gasteiger partial charge is 0.497 e. The molecule has 0 unspecified atom stereocenters. The van der Waals surface area contributed by atoms with E-state index in [4.69, 9.17) is 4.74 Å². The van der Waals surface area contributed by atoms with Crippen LogP contribution < -0.4 is 10.1 Å². The second-order valence-corrected chi connectivity index (χ2v) is 7.74. The molecule has 3 heteroatoms. The van der Waals surface area contributed by atoms with Crippen LogP contribution in [0.5, 0.6) is 5.75 Å². The summed E-state index contributed by atoms with van der Waals surface area (Å²) in [6.07, 6.45) is 4.27. The predicted octanol–water partition coefficient (Wildman–Crippen LogP) is 5.09. The average Bonchev–Trinajstić information content (AvgIpc) is 2.61. The Kier molecular flexibility index (Phi) is 9.62. The van der Waals surface area contributed by atoms with E-state index in [1.54, 1.807) is 7.11 Å². The molecule has 3 nitrogen and oxygen atoms in total. The first kappa shape index (κ1) is 21.5. The van der Waals surface area contributed by atoms with Crippen LogP contribution in [0.4, 0.5) is 0 Å². The van der Waals surface area contributed by atoms with Gasteiger partial charge in [0.15, 0.2) is 0 Å². The molecule has 1 amide bonds. The normalized spacial score (nSPS) is 15.9. The Morgan fingerprint density at radius 1 is 1.08 bits per heavy atom. The van der Waals surface area contributed by atoms with E-state index in [9.17, 15) is 4.79 Å². The second-order valence-electron chi connectivity index (χ2n) is 7.74. The van der Waals surface area contributed by atoms with E-state index in [1.165, 1.54) is 12.0 Å². The van der Waals surface area contributed by atoms with Crippen LogP contribution in [0, 0.1) is 23.7 Å². The van der Waals surface area contributed by atoms with E-state index in [0.717, 1.165) is 31.6 Å². The summed E-state index contributed by atoms with van der Waals surface area (Å²) in [6, 6.07) is 8.40. The highest BCUT2D eigenvalue weighted by Crippen LogP contribution is 2.25. The van der Waals surface area contributed by atoms with Crippen LogP contribution >= 0.6 is 0 Å². The lowest BCUT2D eigenvalue weighted by Crippen LogP contribution is -2.30. The molecule has 4 atom stereocenters. The third-order valence-electron chi connectivity index (χ3n) is 5.46. The van der Waals surface area contributed by atoms with Gasteiger partial charge in [0.25, 0.3) is 0 Å². The summed E-state index contributed by atoms with van der Waals surface area (Å²) in [5, 5.41) is 3.07. The lowest BCUT2D eigenvalue weighted by molar-refractivity contribution is -0.124. The molecule has 0 saturated carbocycles. The quantitative estimate of drug-likeness (QED) is 0.605. The summed E-state index contributed by atoms with van der Waals surface area (Å²) in [4.78, 5) is 11.8. The van der Waals surface area contributed by atoms with E-state index in [0.29, 0.717) is 17.8 Å². The van der Waals surface area contributed by atoms with Crippen molar-refractivity contribution in [2.45, 2.75) is 60.3 Å². The van der Waals surface area contributed by atoms with Crippen molar-refractivity contribution in [3.8, 4) is 5.75 Å². The number of amides is 1. The number of carbonyl (C=O) groups is 1. The lowest BCUT2D eigenvalue weighted by Gasteiger charge is -2.24. The van der Waals surface area contributed by atoms with Crippen molar-refractivity contribution in [2.24, 2.45) is 23.7 Å². The van der Waals surface area contributed by atoms with Gasteiger partial charge in [-0.05, 0) is 61.1 Å². The molecule has 0 aliphatic heterocycles. The number of rotatable bonds is 11. The molecule has 0 fully saturated rings. The fraction of sp³-hybridized carbons (Fsp3) is 0.682. The molecular weight excluding hydrogens is 310 g/mol. The van der Waals surface area contributed by atoms with Gasteiger partial charge in [-0.3, -0.25) is 4.79 Å². The minimum atomic E-state index is 0.124. The minimum Gasteiger partial charge on any atom is -0.497 e. The Hall–Kier alpha value is -1.51. The lowest BCUT2D eigenvalue weighted by atomic mass is 9.83. The zero-order chi connectivity index (χ0) is 18.8. The first-order valence-corrected chi connectivity index (χ1v) is 9.77. The zero-order valence-corrected chi connectivity index (χ0v) is 17.0. The predicted molar refractivity (Wildman–Crippen MR) is 106 cm³/mol. The Bertz CT molecular complexity index is 497.